The van der Waals surface area contributed by atoms with Gasteiger partial charge in [0.15, 0.2) is 15.8 Å². The van der Waals surface area contributed by atoms with Gasteiger partial charge >= 0.3 is 0 Å². The van der Waals surface area contributed by atoms with Crippen LogP contribution in [0, 0.1) is 3.57 Å². The van der Waals surface area contributed by atoms with Crippen LogP contribution in [-0.2, 0) is 4.79 Å². The lowest BCUT2D eigenvalue weighted by Gasteiger charge is -2.15. The number of carbonyl (C=O) groups excluding carboxylic acids is 1. The summed E-state index contributed by atoms with van der Waals surface area (Å²) in [6.07, 6.45) is 2.76. The van der Waals surface area contributed by atoms with E-state index in [1.165, 1.54) is 11.8 Å². The highest BCUT2D eigenvalue weighted by molar-refractivity contribution is 14.1. The highest BCUT2D eigenvalue weighted by Gasteiger charge is 2.33. The van der Waals surface area contributed by atoms with Crippen LogP contribution in [0.5, 0.6) is 17.2 Å². The molecule has 8 heteroatoms. The molecule has 5 nitrogen and oxygen atoms in total. The number of carbonyl (C=O) groups is 1. The van der Waals surface area contributed by atoms with E-state index in [9.17, 15) is 4.79 Å². The summed E-state index contributed by atoms with van der Waals surface area (Å²) in [6, 6.07) is 11.3. The Bertz CT molecular complexity index is 992. The summed E-state index contributed by atoms with van der Waals surface area (Å²) in [6.45, 7) is 7.67. The van der Waals surface area contributed by atoms with E-state index in [0.29, 0.717) is 34.8 Å². The van der Waals surface area contributed by atoms with E-state index in [4.69, 9.17) is 26.4 Å². The van der Waals surface area contributed by atoms with E-state index in [1.807, 2.05) is 56.3 Å². The second-order valence-corrected chi connectivity index (χ2v) is 9.39. The first kappa shape index (κ1) is 23.9. The first-order valence-electron chi connectivity index (χ1n) is 10.1. The number of rotatable bonds is 9. The number of thioether (sulfide) groups is 1. The maximum atomic E-state index is 13.1. The molecule has 31 heavy (non-hydrogen) atoms. The van der Waals surface area contributed by atoms with Crippen LogP contribution < -0.4 is 19.1 Å². The van der Waals surface area contributed by atoms with Crippen molar-refractivity contribution >= 4 is 68.6 Å². The summed E-state index contributed by atoms with van der Waals surface area (Å²) in [5, 5.41) is 0. The van der Waals surface area contributed by atoms with Gasteiger partial charge in [0.05, 0.1) is 34.0 Å². The van der Waals surface area contributed by atoms with Gasteiger partial charge in [0.1, 0.15) is 5.75 Å². The highest BCUT2D eigenvalue weighted by atomic mass is 127. The van der Waals surface area contributed by atoms with Gasteiger partial charge in [0.2, 0.25) is 0 Å². The topological polar surface area (TPSA) is 48.0 Å². The van der Waals surface area contributed by atoms with Gasteiger partial charge in [-0.2, -0.15) is 0 Å². The summed E-state index contributed by atoms with van der Waals surface area (Å²) in [5.74, 6) is 2.04. The van der Waals surface area contributed by atoms with Crippen LogP contribution in [0.1, 0.15) is 32.8 Å². The van der Waals surface area contributed by atoms with Crippen LogP contribution in [0.3, 0.4) is 0 Å². The highest BCUT2D eigenvalue weighted by Crippen LogP contribution is 2.39. The summed E-state index contributed by atoms with van der Waals surface area (Å²) in [5.41, 5.74) is 1.59. The van der Waals surface area contributed by atoms with Crippen molar-refractivity contribution in [3.8, 4) is 17.2 Å². The molecule has 0 aromatic heterocycles. The third kappa shape index (κ3) is 5.72. The first-order chi connectivity index (χ1) is 15.0. The van der Waals surface area contributed by atoms with Crippen LogP contribution in [-0.4, -0.2) is 30.0 Å². The lowest BCUT2D eigenvalue weighted by Crippen LogP contribution is -2.27. The number of anilines is 1. The van der Waals surface area contributed by atoms with Crippen molar-refractivity contribution in [2.45, 2.75) is 27.2 Å². The molecule has 0 unspecified atom stereocenters. The molecular weight excluding hydrogens is 545 g/mol. The van der Waals surface area contributed by atoms with Gasteiger partial charge in [-0.15, -0.1) is 0 Å². The van der Waals surface area contributed by atoms with Gasteiger partial charge in [0, 0.05) is 0 Å². The Morgan fingerprint density at radius 3 is 2.42 bits per heavy atom. The number of halogens is 1. The summed E-state index contributed by atoms with van der Waals surface area (Å²) < 4.78 is 18.6. The number of hydrogen-bond acceptors (Lipinski definition) is 6. The fourth-order valence-corrected chi connectivity index (χ4v) is 5.06. The van der Waals surface area contributed by atoms with E-state index in [2.05, 4.69) is 29.5 Å². The summed E-state index contributed by atoms with van der Waals surface area (Å²) in [4.78, 5) is 15.2. The van der Waals surface area contributed by atoms with E-state index in [-0.39, 0.29) is 5.91 Å². The smallest absolute Gasteiger partial charge is 0.270 e. The first-order valence-corrected chi connectivity index (χ1v) is 12.4. The lowest BCUT2D eigenvalue weighted by molar-refractivity contribution is -0.113. The van der Waals surface area contributed by atoms with Gasteiger partial charge in [-0.25, -0.2) is 0 Å². The van der Waals surface area contributed by atoms with Crippen molar-refractivity contribution in [2.24, 2.45) is 0 Å². The van der Waals surface area contributed by atoms with Crippen molar-refractivity contribution in [3.05, 3.63) is 50.4 Å². The number of ether oxygens (including phenoxy) is 3. The van der Waals surface area contributed by atoms with Gasteiger partial charge in [-0.05, 0) is 90.9 Å². The van der Waals surface area contributed by atoms with Gasteiger partial charge in [0.25, 0.3) is 5.91 Å². The maximum absolute atomic E-state index is 13.1. The Hall–Kier alpha value is -1.78. The molecule has 1 amide bonds. The van der Waals surface area contributed by atoms with Gasteiger partial charge < -0.3 is 14.2 Å². The lowest BCUT2D eigenvalue weighted by atomic mass is 10.1. The van der Waals surface area contributed by atoms with Crippen LogP contribution in [0.25, 0.3) is 6.08 Å². The van der Waals surface area contributed by atoms with E-state index in [1.54, 1.807) is 4.90 Å². The normalized spacial score (nSPS) is 15.0. The van der Waals surface area contributed by atoms with Crippen molar-refractivity contribution in [1.82, 2.24) is 0 Å². The number of benzene rings is 2. The molecule has 1 fully saturated rings. The SMILES string of the molecule is CCCOc1c(I)cc(/C=C2\SC(=S)N(c3ccc(OCC)cc3)C2=O)cc1OCC. The zero-order chi connectivity index (χ0) is 22.4. The number of amides is 1. The molecule has 1 aliphatic rings. The second kappa shape index (κ2) is 11.2. The Labute approximate surface area is 206 Å². The Morgan fingerprint density at radius 1 is 1.06 bits per heavy atom. The second-order valence-electron chi connectivity index (χ2n) is 6.56. The zero-order valence-electron chi connectivity index (χ0n) is 17.6. The van der Waals surface area contributed by atoms with Crippen LogP contribution in [0.4, 0.5) is 5.69 Å². The van der Waals surface area contributed by atoms with Gasteiger partial charge in [-0.3, -0.25) is 9.69 Å². The number of thiocarbonyl (C=S) groups is 1. The average molecular weight is 569 g/mol. The molecule has 0 saturated carbocycles. The minimum Gasteiger partial charge on any atom is -0.494 e. The Balaban J connectivity index is 1.88. The molecule has 164 valence electrons. The van der Waals surface area contributed by atoms with E-state index in [0.717, 1.165) is 32.7 Å². The van der Waals surface area contributed by atoms with Crippen molar-refractivity contribution in [1.29, 1.82) is 0 Å². The number of nitrogens with zero attached hydrogens (tertiary/aromatic N) is 1. The molecule has 0 bridgehead atoms. The predicted octanol–water partition coefficient (Wildman–Crippen LogP) is 6.28. The van der Waals surface area contributed by atoms with E-state index < -0.39 is 0 Å². The average Bonchev–Trinajstić information content (AvgIpc) is 3.01. The monoisotopic (exact) mass is 569 g/mol. The molecule has 1 heterocycles. The molecule has 0 atom stereocenters. The minimum atomic E-state index is -0.140. The Morgan fingerprint density at radius 2 is 1.77 bits per heavy atom. The van der Waals surface area contributed by atoms with Crippen molar-refractivity contribution in [2.75, 3.05) is 24.7 Å². The molecule has 1 aliphatic heterocycles. The third-order valence-electron chi connectivity index (χ3n) is 4.28. The maximum Gasteiger partial charge on any atom is 0.270 e. The quantitative estimate of drug-likeness (QED) is 0.201. The van der Waals surface area contributed by atoms with Gasteiger partial charge in [-0.1, -0.05) is 30.9 Å². The largest absolute Gasteiger partial charge is 0.494 e. The summed E-state index contributed by atoms with van der Waals surface area (Å²) in [7, 11) is 0. The number of hydrogen-bond donors (Lipinski definition) is 0. The fourth-order valence-electron chi connectivity index (χ4n) is 2.98. The van der Waals surface area contributed by atoms with Crippen molar-refractivity contribution in [3.63, 3.8) is 0 Å². The molecule has 0 N–H and O–H groups in total. The minimum absolute atomic E-state index is 0.140. The van der Waals surface area contributed by atoms with Crippen LogP contribution >= 0.6 is 46.6 Å². The Kier molecular flexibility index (Phi) is 8.62. The molecule has 0 spiro atoms. The summed E-state index contributed by atoms with van der Waals surface area (Å²) >= 11 is 9.02. The molecule has 2 aromatic carbocycles. The fraction of sp³-hybridized carbons (Fsp3) is 0.304. The molecule has 1 saturated heterocycles. The predicted molar refractivity (Wildman–Crippen MR) is 139 cm³/mol. The van der Waals surface area contributed by atoms with Crippen LogP contribution in [0.2, 0.25) is 0 Å². The molecule has 3 rings (SSSR count). The zero-order valence-corrected chi connectivity index (χ0v) is 21.4. The molecule has 0 aliphatic carbocycles. The van der Waals surface area contributed by atoms with E-state index >= 15 is 0 Å². The van der Waals surface area contributed by atoms with Crippen LogP contribution in [0.15, 0.2) is 41.3 Å². The molecule has 0 radical (unpaired) electrons. The standard InChI is InChI=1S/C23H24INO4S2/c1-4-11-29-21-18(24)12-15(13-19(21)28-6-3)14-20-22(26)25(23(30)31-20)16-7-9-17(10-8-16)27-5-2/h7-10,12-14H,4-6,11H2,1-3H3/b20-14-. The molecular formula is C23H24INO4S2. The molecule has 2 aromatic rings. The van der Waals surface area contributed by atoms with Crippen molar-refractivity contribution < 1.29 is 19.0 Å². The third-order valence-corrected chi connectivity index (χ3v) is 6.38.